The van der Waals surface area contributed by atoms with Gasteiger partial charge >= 0.3 is 0 Å². The third kappa shape index (κ3) is 2.42. The van der Waals surface area contributed by atoms with E-state index in [4.69, 9.17) is 4.74 Å². The standard InChI is InChI=1S/C13H20N2O/c1-11-12(5-3-8-15-11)9-14-10-13(16-2)6-4-7-13/h3,5,8,14H,4,6-7,9-10H2,1-2H3. The van der Waals surface area contributed by atoms with Gasteiger partial charge in [0.15, 0.2) is 0 Å². The number of hydrogen-bond donors (Lipinski definition) is 1. The number of aromatic nitrogens is 1. The largest absolute Gasteiger partial charge is 0.377 e. The molecular formula is C13H20N2O. The highest BCUT2D eigenvalue weighted by atomic mass is 16.5. The fourth-order valence-corrected chi connectivity index (χ4v) is 2.15. The highest BCUT2D eigenvalue weighted by molar-refractivity contribution is 5.17. The van der Waals surface area contributed by atoms with Crippen molar-refractivity contribution in [2.45, 2.75) is 38.3 Å². The van der Waals surface area contributed by atoms with Crippen LogP contribution in [-0.4, -0.2) is 24.2 Å². The number of ether oxygens (including phenoxy) is 1. The SMILES string of the molecule is COC1(CNCc2cccnc2C)CCC1. The maximum atomic E-state index is 5.56. The van der Waals surface area contributed by atoms with Crippen LogP contribution in [0.4, 0.5) is 0 Å². The summed E-state index contributed by atoms with van der Waals surface area (Å²) in [5.41, 5.74) is 2.49. The Balaban J connectivity index is 1.82. The van der Waals surface area contributed by atoms with Crippen molar-refractivity contribution in [2.24, 2.45) is 0 Å². The molecule has 0 saturated heterocycles. The Labute approximate surface area is 97.2 Å². The van der Waals surface area contributed by atoms with Crippen molar-refractivity contribution in [2.75, 3.05) is 13.7 Å². The monoisotopic (exact) mass is 220 g/mol. The molecule has 0 spiro atoms. The zero-order valence-corrected chi connectivity index (χ0v) is 10.1. The number of rotatable bonds is 5. The molecule has 1 aliphatic carbocycles. The smallest absolute Gasteiger partial charge is 0.0802 e. The molecular weight excluding hydrogens is 200 g/mol. The van der Waals surface area contributed by atoms with Crippen LogP contribution in [0.2, 0.25) is 0 Å². The lowest BCUT2D eigenvalue weighted by molar-refractivity contribution is -0.0695. The quantitative estimate of drug-likeness (QED) is 0.824. The maximum Gasteiger partial charge on any atom is 0.0802 e. The second kappa shape index (κ2) is 4.93. The van der Waals surface area contributed by atoms with E-state index in [1.807, 2.05) is 26.3 Å². The summed E-state index contributed by atoms with van der Waals surface area (Å²) in [6.07, 6.45) is 5.49. The first-order valence-corrected chi connectivity index (χ1v) is 5.92. The van der Waals surface area contributed by atoms with Crippen LogP contribution < -0.4 is 5.32 Å². The van der Waals surface area contributed by atoms with Gasteiger partial charge in [-0.25, -0.2) is 0 Å². The van der Waals surface area contributed by atoms with Crippen molar-refractivity contribution in [1.29, 1.82) is 0 Å². The molecule has 88 valence electrons. The lowest BCUT2D eigenvalue weighted by atomic mass is 9.80. The molecule has 16 heavy (non-hydrogen) atoms. The third-order valence-electron chi connectivity index (χ3n) is 3.58. The predicted molar refractivity (Wildman–Crippen MR) is 64.3 cm³/mol. The highest BCUT2D eigenvalue weighted by Crippen LogP contribution is 2.34. The van der Waals surface area contributed by atoms with Crippen molar-refractivity contribution >= 4 is 0 Å². The minimum absolute atomic E-state index is 0.107. The fourth-order valence-electron chi connectivity index (χ4n) is 2.15. The molecule has 1 fully saturated rings. The van der Waals surface area contributed by atoms with Gasteiger partial charge in [-0.2, -0.15) is 0 Å². The molecule has 1 aromatic rings. The molecule has 0 atom stereocenters. The second-order valence-electron chi connectivity index (χ2n) is 4.59. The van der Waals surface area contributed by atoms with Crippen LogP contribution in [0.25, 0.3) is 0 Å². The maximum absolute atomic E-state index is 5.56. The molecule has 1 aromatic heterocycles. The van der Waals surface area contributed by atoms with Crippen molar-refractivity contribution < 1.29 is 4.74 Å². The summed E-state index contributed by atoms with van der Waals surface area (Å²) in [6, 6.07) is 4.11. The van der Waals surface area contributed by atoms with E-state index in [1.165, 1.54) is 24.8 Å². The summed E-state index contributed by atoms with van der Waals surface area (Å²) in [4.78, 5) is 4.28. The molecule has 0 radical (unpaired) electrons. The number of aryl methyl sites for hydroxylation is 1. The average Bonchev–Trinajstić information content (AvgIpc) is 2.25. The summed E-state index contributed by atoms with van der Waals surface area (Å²) in [5, 5.41) is 3.47. The summed E-state index contributed by atoms with van der Waals surface area (Å²) in [6.45, 7) is 3.87. The third-order valence-corrected chi connectivity index (χ3v) is 3.58. The molecule has 0 bridgehead atoms. The van der Waals surface area contributed by atoms with E-state index in [9.17, 15) is 0 Å². The number of methoxy groups -OCH3 is 1. The molecule has 1 aliphatic rings. The molecule has 3 heteroatoms. The van der Waals surface area contributed by atoms with Crippen molar-refractivity contribution in [3.05, 3.63) is 29.6 Å². The van der Waals surface area contributed by atoms with Crippen molar-refractivity contribution in [1.82, 2.24) is 10.3 Å². The Morgan fingerprint density at radius 2 is 2.31 bits per heavy atom. The second-order valence-corrected chi connectivity index (χ2v) is 4.59. The average molecular weight is 220 g/mol. The van der Waals surface area contributed by atoms with Crippen LogP contribution in [0.1, 0.15) is 30.5 Å². The first-order valence-electron chi connectivity index (χ1n) is 5.92. The lowest BCUT2D eigenvalue weighted by Crippen LogP contribution is -2.47. The molecule has 1 saturated carbocycles. The van der Waals surface area contributed by atoms with E-state index in [0.29, 0.717) is 0 Å². The Kier molecular flexibility index (Phi) is 3.56. The van der Waals surface area contributed by atoms with Crippen LogP contribution in [0.3, 0.4) is 0 Å². The Morgan fingerprint density at radius 1 is 1.50 bits per heavy atom. The van der Waals surface area contributed by atoms with Gasteiger partial charge in [-0.05, 0) is 37.8 Å². The minimum Gasteiger partial charge on any atom is -0.377 e. The van der Waals surface area contributed by atoms with E-state index in [1.54, 1.807) is 0 Å². The Bertz CT molecular complexity index is 342. The first-order chi connectivity index (χ1) is 7.76. The molecule has 2 rings (SSSR count). The van der Waals surface area contributed by atoms with Crippen LogP contribution in [0, 0.1) is 6.92 Å². The lowest BCUT2D eigenvalue weighted by Gasteiger charge is -2.40. The Hall–Kier alpha value is -0.930. The van der Waals surface area contributed by atoms with Crippen LogP contribution in [0.5, 0.6) is 0 Å². The molecule has 1 heterocycles. The molecule has 0 unspecified atom stereocenters. The highest BCUT2D eigenvalue weighted by Gasteiger charge is 2.36. The number of nitrogens with zero attached hydrogens (tertiary/aromatic N) is 1. The van der Waals surface area contributed by atoms with E-state index in [-0.39, 0.29) is 5.60 Å². The minimum atomic E-state index is 0.107. The van der Waals surface area contributed by atoms with E-state index in [2.05, 4.69) is 16.4 Å². The fraction of sp³-hybridized carbons (Fsp3) is 0.615. The normalized spacial score (nSPS) is 18.1. The summed E-state index contributed by atoms with van der Waals surface area (Å²) >= 11 is 0. The van der Waals surface area contributed by atoms with E-state index in [0.717, 1.165) is 18.8 Å². The van der Waals surface area contributed by atoms with Crippen LogP contribution in [-0.2, 0) is 11.3 Å². The van der Waals surface area contributed by atoms with Gasteiger partial charge in [0, 0.05) is 32.1 Å². The summed E-state index contributed by atoms with van der Waals surface area (Å²) < 4.78 is 5.56. The number of pyridine rings is 1. The van der Waals surface area contributed by atoms with Crippen LogP contribution in [0.15, 0.2) is 18.3 Å². The van der Waals surface area contributed by atoms with Gasteiger partial charge in [-0.1, -0.05) is 6.07 Å². The number of nitrogens with one attached hydrogen (secondary N) is 1. The zero-order valence-electron chi connectivity index (χ0n) is 10.1. The Morgan fingerprint density at radius 3 is 2.88 bits per heavy atom. The molecule has 0 aromatic carbocycles. The van der Waals surface area contributed by atoms with E-state index >= 15 is 0 Å². The first kappa shape index (κ1) is 11.6. The summed E-state index contributed by atoms with van der Waals surface area (Å²) in [5.74, 6) is 0. The molecule has 1 N–H and O–H groups in total. The van der Waals surface area contributed by atoms with Crippen molar-refractivity contribution in [3.63, 3.8) is 0 Å². The topological polar surface area (TPSA) is 34.1 Å². The van der Waals surface area contributed by atoms with Gasteiger partial charge in [0.25, 0.3) is 0 Å². The van der Waals surface area contributed by atoms with E-state index < -0.39 is 0 Å². The number of hydrogen-bond acceptors (Lipinski definition) is 3. The van der Waals surface area contributed by atoms with Gasteiger partial charge in [-0.3, -0.25) is 4.98 Å². The molecule has 0 aliphatic heterocycles. The molecule has 3 nitrogen and oxygen atoms in total. The predicted octanol–water partition coefficient (Wildman–Crippen LogP) is 2.05. The van der Waals surface area contributed by atoms with Gasteiger partial charge in [0.05, 0.1) is 5.60 Å². The van der Waals surface area contributed by atoms with Crippen LogP contribution >= 0.6 is 0 Å². The van der Waals surface area contributed by atoms with Gasteiger partial charge in [0.2, 0.25) is 0 Å². The van der Waals surface area contributed by atoms with Gasteiger partial charge in [0.1, 0.15) is 0 Å². The van der Waals surface area contributed by atoms with Gasteiger partial charge in [-0.15, -0.1) is 0 Å². The molecule has 0 amide bonds. The zero-order chi connectivity index (χ0) is 11.4. The van der Waals surface area contributed by atoms with Crippen molar-refractivity contribution in [3.8, 4) is 0 Å². The summed E-state index contributed by atoms with van der Waals surface area (Å²) in [7, 11) is 1.82. The van der Waals surface area contributed by atoms with Gasteiger partial charge < -0.3 is 10.1 Å².